The Balaban J connectivity index is 2.20. The molecule has 34 heavy (non-hydrogen) atoms. The first-order valence-corrected chi connectivity index (χ1v) is 12.1. The van der Waals surface area contributed by atoms with Gasteiger partial charge in [-0.05, 0) is 23.6 Å². The molecule has 0 aliphatic carbocycles. The molecule has 0 radical (unpaired) electrons. The molecule has 0 saturated carbocycles. The summed E-state index contributed by atoms with van der Waals surface area (Å²) in [7, 11) is -4.96. The second kappa shape index (κ2) is 11.8. The zero-order valence-corrected chi connectivity index (χ0v) is 20.0. The standard InChI is InChI=1S/C22H29N4O7P/c1-14(2)20(26(34(31,32)33)13-24-15(3)27)21(28)25-19(22(29)30)12-16-7-9-17(10-8-16)18-6-4-5-11-23-18/h4-11,14,19-20H,12-13H2,1-3H3,(H,24,27)(H,25,28)(H,29,30)(H2,31,32,33). The van der Waals surface area contributed by atoms with Gasteiger partial charge in [-0.25, -0.2) is 9.36 Å². The molecule has 12 heteroatoms. The largest absolute Gasteiger partial charge is 0.480 e. The van der Waals surface area contributed by atoms with Crippen LogP contribution in [0.3, 0.4) is 0 Å². The molecule has 5 N–H and O–H groups in total. The van der Waals surface area contributed by atoms with Gasteiger partial charge in [0.05, 0.1) is 12.4 Å². The lowest BCUT2D eigenvalue weighted by molar-refractivity contribution is -0.142. The smallest absolute Gasteiger partial charge is 0.405 e. The van der Waals surface area contributed by atoms with Gasteiger partial charge in [-0.3, -0.25) is 14.6 Å². The normalized spacial score (nSPS) is 13.4. The van der Waals surface area contributed by atoms with E-state index in [0.717, 1.165) is 11.3 Å². The van der Waals surface area contributed by atoms with Gasteiger partial charge in [0.1, 0.15) is 12.1 Å². The highest BCUT2D eigenvalue weighted by Gasteiger charge is 2.40. The Morgan fingerprint density at radius 1 is 1.09 bits per heavy atom. The number of hydrogen-bond acceptors (Lipinski definition) is 5. The van der Waals surface area contributed by atoms with Gasteiger partial charge in [0, 0.05) is 25.1 Å². The van der Waals surface area contributed by atoms with Crippen molar-refractivity contribution in [3.8, 4) is 11.3 Å². The van der Waals surface area contributed by atoms with E-state index in [0.29, 0.717) is 10.2 Å². The molecule has 2 rings (SSSR count). The van der Waals surface area contributed by atoms with E-state index in [1.165, 1.54) is 6.92 Å². The van der Waals surface area contributed by atoms with Gasteiger partial charge in [-0.1, -0.05) is 44.2 Å². The van der Waals surface area contributed by atoms with E-state index >= 15 is 0 Å². The van der Waals surface area contributed by atoms with Crippen molar-refractivity contribution in [1.29, 1.82) is 0 Å². The summed E-state index contributed by atoms with van der Waals surface area (Å²) in [4.78, 5) is 59.8. The third-order valence-corrected chi connectivity index (χ3v) is 6.07. The lowest BCUT2D eigenvalue weighted by Crippen LogP contribution is -2.55. The molecule has 11 nitrogen and oxygen atoms in total. The van der Waals surface area contributed by atoms with E-state index in [4.69, 9.17) is 0 Å². The highest BCUT2D eigenvalue weighted by atomic mass is 31.2. The Bertz CT molecular complexity index is 1040. The number of nitrogens with one attached hydrogen (secondary N) is 2. The van der Waals surface area contributed by atoms with Crippen LogP contribution >= 0.6 is 7.75 Å². The van der Waals surface area contributed by atoms with E-state index in [1.54, 1.807) is 50.4 Å². The first kappa shape index (κ1) is 27.1. The second-order valence-electron chi connectivity index (χ2n) is 8.05. The zero-order chi connectivity index (χ0) is 25.5. The minimum atomic E-state index is -4.96. The Morgan fingerprint density at radius 2 is 1.74 bits per heavy atom. The fourth-order valence-electron chi connectivity index (χ4n) is 3.37. The maximum Gasteiger partial charge on any atom is 0.405 e. The number of aliphatic carboxylic acids is 1. The quantitative estimate of drug-likeness (QED) is 0.230. The molecule has 0 saturated heterocycles. The molecule has 2 unspecified atom stereocenters. The molecule has 2 atom stereocenters. The van der Waals surface area contributed by atoms with Crippen molar-refractivity contribution >= 4 is 25.5 Å². The molecule has 184 valence electrons. The highest BCUT2D eigenvalue weighted by Crippen LogP contribution is 2.42. The molecular weight excluding hydrogens is 463 g/mol. The average molecular weight is 492 g/mol. The maximum atomic E-state index is 13.0. The highest BCUT2D eigenvalue weighted by molar-refractivity contribution is 7.49. The monoisotopic (exact) mass is 492 g/mol. The van der Waals surface area contributed by atoms with Gasteiger partial charge in [0.15, 0.2) is 0 Å². The van der Waals surface area contributed by atoms with E-state index in [9.17, 15) is 33.8 Å². The van der Waals surface area contributed by atoms with Crippen molar-refractivity contribution in [2.75, 3.05) is 6.67 Å². The second-order valence-corrected chi connectivity index (χ2v) is 9.59. The summed E-state index contributed by atoms with van der Waals surface area (Å²) in [5.74, 6) is -3.32. The first-order chi connectivity index (χ1) is 15.9. The fourth-order valence-corrected chi connectivity index (χ4v) is 4.32. The number of carbonyl (C=O) groups excluding carboxylic acids is 2. The number of aromatic nitrogens is 1. The van der Waals surface area contributed by atoms with Crippen molar-refractivity contribution in [1.82, 2.24) is 20.3 Å². The number of pyridine rings is 1. The Morgan fingerprint density at radius 3 is 2.21 bits per heavy atom. The minimum Gasteiger partial charge on any atom is -0.480 e. The number of rotatable bonds is 11. The number of carbonyl (C=O) groups is 3. The lowest BCUT2D eigenvalue weighted by Gasteiger charge is -2.33. The van der Waals surface area contributed by atoms with Crippen LogP contribution in [-0.2, 0) is 25.4 Å². The number of amides is 2. The van der Waals surface area contributed by atoms with Crippen molar-refractivity contribution in [2.45, 2.75) is 39.3 Å². The molecule has 1 heterocycles. The number of benzene rings is 1. The summed E-state index contributed by atoms with van der Waals surface area (Å²) in [6.07, 6.45) is 1.62. The van der Waals surface area contributed by atoms with Crippen LogP contribution in [-0.4, -0.2) is 61.1 Å². The van der Waals surface area contributed by atoms with Crippen LogP contribution < -0.4 is 10.6 Å². The minimum absolute atomic E-state index is 0.0456. The van der Waals surface area contributed by atoms with E-state index in [-0.39, 0.29) is 6.42 Å². The van der Waals surface area contributed by atoms with Crippen molar-refractivity contribution in [3.05, 3.63) is 54.2 Å². The summed E-state index contributed by atoms with van der Waals surface area (Å²) >= 11 is 0. The molecular formula is C22H29N4O7P. The molecule has 1 aromatic heterocycles. The average Bonchev–Trinajstić information content (AvgIpc) is 2.75. The molecule has 1 aromatic carbocycles. The number of nitrogens with zero attached hydrogens (tertiary/aromatic N) is 2. The van der Waals surface area contributed by atoms with Gasteiger partial charge >= 0.3 is 13.7 Å². The van der Waals surface area contributed by atoms with Crippen LogP contribution in [0.5, 0.6) is 0 Å². The van der Waals surface area contributed by atoms with Crippen LogP contribution in [0.2, 0.25) is 0 Å². The topological polar surface area (TPSA) is 169 Å². The van der Waals surface area contributed by atoms with E-state index in [2.05, 4.69) is 15.6 Å². The maximum absolute atomic E-state index is 13.0. The Hall–Kier alpha value is -3.11. The molecule has 0 spiro atoms. The number of carboxylic acids is 1. The van der Waals surface area contributed by atoms with Gasteiger partial charge in [0.25, 0.3) is 0 Å². The van der Waals surface area contributed by atoms with Crippen LogP contribution in [0.1, 0.15) is 26.3 Å². The van der Waals surface area contributed by atoms with Crippen molar-refractivity contribution < 1.29 is 33.8 Å². The van der Waals surface area contributed by atoms with Crippen molar-refractivity contribution in [3.63, 3.8) is 0 Å². The lowest BCUT2D eigenvalue weighted by atomic mass is 10.0. The molecule has 2 amide bonds. The summed E-state index contributed by atoms with van der Waals surface area (Å²) in [5, 5.41) is 14.3. The molecule has 0 aliphatic heterocycles. The SMILES string of the molecule is CC(=O)NCN(C(C(=O)NC(Cc1ccc(-c2ccccn2)cc1)C(=O)O)C(C)C)P(=O)(O)O. The summed E-state index contributed by atoms with van der Waals surface area (Å²) in [6, 6.07) is 9.80. The summed E-state index contributed by atoms with van der Waals surface area (Å²) in [6.45, 7) is 3.71. The van der Waals surface area contributed by atoms with Crippen LogP contribution in [0, 0.1) is 5.92 Å². The van der Waals surface area contributed by atoms with E-state index in [1.807, 2.05) is 12.1 Å². The summed E-state index contributed by atoms with van der Waals surface area (Å²) < 4.78 is 12.6. The number of hydrogen-bond donors (Lipinski definition) is 5. The number of carboxylic acid groups (broad SMARTS) is 1. The van der Waals surface area contributed by atoms with E-state index < -0.39 is 50.2 Å². The van der Waals surface area contributed by atoms with Crippen LogP contribution in [0.4, 0.5) is 0 Å². The van der Waals surface area contributed by atoms with Gasteiger partial charge in [0.2, 0.25) is 11.8 Å². The first-order valence-electron chi connectivity index (χ1n) is 10.5. The van der Waals surface area contributed by atoms with Gasteiger partial charge in [-0.2, -0.15) is 4.67 Å². The Labute approximate surface area is 197 Å². The van der Waals surface area contributed by atoms with Crippen LogP contribution in [0.15, 0.2) is 48.7 Å². The Kier molecular flexibility index (Phi) is 9.46. The fraction of sp³-hybridized carbons (Fsp3) is 0.364. The zero-order valence-electron chi connectivity index (χ0n) is 19.1. The third kappa shape index (κ3) is 7.74. The van der Waals surface area contributed by atoms with Gasteiger partial charge < -0.3 is 25.5 Å². The molecule has 2 aromatic rings. The predicted molar refractivity (Wildman–Crippen MR) is 124 cm³/mol. The molecule has 0 bridgehead atoms. The summed E-state index contributed by atoms with van der Waals surface area (Å²) in [5.41, 5.74) is 2.24. The molecule has 0 fully saturated rings. The van der Waals surface area contributed by atoms with Gasteiger partial charge in [-0.15, -0.1) is 0 Å². The van der Waals surface area contributed by atoms with Crippen LogP contribution in [0.25, 0.3) is 11.3 Å². The van der Waals surface area contributed by atoms with Crippen molar-refractivity contribution in [2.24, 2.45) is 5.92 Å². The molecule has 0 aliphatic rings. The third-order valence-electron chi connectivity index (χ3n) is 5.01. The predicted octanol–water partition coefficient (Wildman–Crippen LogP) is 1.37.